The number of rotatable bonds is 10. The van der Waals surface area contributed by atoms with Gasteiger partial charge in [0.25, 0.3) is 0 Å². The molecule has 0 saturated carbocycles. The van der Waals surface area contributed by atoms with Crippen LogP contribution in [0, 0.1) is 0 Å². The highest BCUT2D eigenvalue weighted by Crippen LogP contribution is 2.31. The molecule has 0 bridgehead atoms. The Balaban J connectivity index is 1.35. The number of hydrogen-bond acceptors (Lipinski definition) is 5. The lowest BCUT2D eigenvalue weighted by Gasteiger charge is -2.19. The zero-order valence-electron chi connectivity index (χ0n) is 19.1. The van der Waals surface area contributed by atoms with E-state index in [1.54, 1.807) is 30.3 Å². The topological polar surface area (TPSA) is 99.1 Å². The van der Waals surface area contributed by atoms with Crippen molar-refractivity contribution in [2.45, 2.75) is 25.4 Å². The predicted molar refractivity (Wildman–Crippen MR) is 134 cm³/mol. The molecule has 1 heterocycles. The van der Waals surface area contributed by atoms with Gasteiger partial charge < -0.3 is 25.2 Å². The zero-order chi connectivity index (χ0) is 24.8. The van der Waals surface area contributed by atoms with E-state index in [0.717, 1.165) is 24.0 Å². The number of amides is 1. The number of nitrogens with one attached hydrogen (secondary N) is 1. The highest BCUT2D eigenvalue weighted by molar-refractivity contribution is 6.30. The first kappa shape index (κ1) is 24.7. The minimum atomic E-state index is -1.11. The van der Waals surface area contributed by atoms with Gasteiger partial charge in [0.1, 0.15) is 11.5 Å². The second-order valence-electron chi connectivity index (χ2n) is 8.41. The summed E-state index contributed by atoms with van der Waals surface area (Å²) in [5, 5.41) is 23.8. The molecule has 0 aromatic heterocycles. The fourth-order valence-corrected chi connectivity index (χ4v) is 4.29. The van der Waals surface area contributed by atoms with Crippen LogP contribution in [-0.4, -0.2) is 41.7 Å². The zero-order valence-corrected chi connectivity index (χ0v) is 19.9. The van der Waals surface area contributed by atoms with Gasteiger partial charge in [-0.25, -0.2) is 4.79 Å². The molecule has 35 heavy (non-hydrogen) atoms. The monoisotopic (exact) mass is 494 g/mol. The van der Waals surface area contributed by atoms with Gasteiger partial charge in [0.2, 0.25) is 5.91 Å². The highest BCUT2D eigenvalue weighted by atomic mass is 35.5. The van der Waals surface area contributed by atoms with Gasteiger partial charge in [-0.05, 0) is 73.0 Å². The first-order valence-electron chi connectivity index (χ1n) is 11.5. The number of anilines is 1. The van der Waals surface area contributed by atoms with E-state index >= 15 is 0 Å². The lowest BCUT2D eigenvalue weighted by atomic mass is 10.1. The maximum Gasteiger partial charge on any atom is 0.337 e. The number of halogens is 1. The van der Waals surface area contributed by atoms with Gasteiger partial charge in [0, 0.05) is 24.5 Å². The molecule has 3 N–H and O–H groups in total. The number of aromatic carboxylic acids is 1. The summed E-state index contributed by atoms with van der Waals surface area (Å²) in [6.45, 7) is 1.58. The Labute approximate surface area is 208 Å². The summed E-state index contributed by atoms with van der Waals surface area (Å²) < 4.78 is 5.93. The van der Waals surface area contributed by atoms with Crippen LogP contribution in [0.25, 0.3) is 0 Å². The Morgan fingerprint density at radius 1 is 1.09 bits per heavy atom. The first-order chi connectivity index (χ1) is 16.9. The lowest BCUT2D eigenvalue weighted by Crippen LogP contribution is -2.25. The molecule has 0 unspecified atom stereocenters. The minimum Gasteiger partial charge on any atom is -0.478 e. The molecule has 3 aromatic rings. The number of benzene rings is 3. The van der Waals surface area contributed by atoms with Gasteiger partial charge in [-0.15, -0.1) is 0 Å². The summed E-state index contributed by atoms with van der Waals surface area (Å²) in [4.78, 5) is 25.4. The smallest absolute Gasteiger partial charge is 0.337 e. The number of hydrogen-bond donors (Lipinski definition) is 3. The minimum absolute atomic E-state index is 0.0383. The molecule has 1 saturated heterocycles. The second kappa shape index (κ2) is 11.4. The molecule has 0 spiro atoms. The summed E-state index contributed by atoms with van der Waals surface area (Å²) in [5.41, 5.74) is 2.23. The molecule has 1 fully saturated rings. The van der Waals surface area contributed by atoms with E-state index < -0.39 is 12.1 Å². The summed E-state index contributed by atoms with van der Waals surface area (Å²) in [5.74, 6) is -0.201. The number of aliphatic hydroxyl groups is 1. The van der Waals surface area contributed by atoms with Crippen molar-refractivity contribution in [3.8, 4) is 11.5 Å². The number of carboxylic acids is 1. The van der Waals surface area contributed by atoms with Crippen molar-refractivity contribution in [3.05, 3.63) is 88.4 Å². The van der Waals surface area contributed by atoms with Crippen LogP contribution >= 0.6 is 11.6 Å². The van der Waals surface area contributed by atoms with Crippen LogP contribution in [0.2, 0.25) is 5.02 Å². The number of carbonyl (C=O) groups excluding carboxylic acids is 1. The number of carboxylic acid groups (broad SMARTS) is 1. The van der Waals surface area contributed by atoms with Gasteiger partial charge in [0.05, 0.1) is 17.4 Å². The van der Waals surface area contributed by atoms with Crippen molar-refractivity contribution in [2.24, 2.45) is 0 Å². The Kier molecular flexibility index (Phi) is 8.02. The third-order valence-corrected chi connectivity index (χ3v) is 6.09. The molecule has 182 valence electrons. The number of nitrogens with zero attached hydrogens (tertiary/aromatic N) is 1. The van der Waals surface area contributed by atoms with E-state index in [9.17, 15) is 19.8 Å². The maximum absolute atomic E-state index is 12.1. The highest BCUT2D eigenvalue weighted by Gasteiger charge is 2.26. The Bertz CT molecular complexity index is 1220. The van der Waals surface area contributed by atoms with Crippen LogP contribution in [0.1, 0.15) is 40.4 Å². The van der Waals surface area contributed by atoms with Gasteiger partial charge in [-0.2, -0.15) is 0 Å². The fraction of sp³-hybridized carbons (Fsp3) is 0.259. The van der Waals surface area contributed by atoms with Crippen molar-refractivity contribution in [1.82, 2.24) is 5.32 Å². The fourth-order valence-electron chi connectivity index (χ4n) is 4.09. The normalized spacial score (nSPS) is 14.2. The van der Waals surface area contributed by atoms with E-state index in [-0.39, 0.29) is 11.5 Å². The molecule has 1 aliphatic heterocycles. The molecule has 0 aliphatic carbocycles. The number of aliphatic hydroxyl groups excluding tert-OH is 1. The van der Waals surface area contributed by atoms with Crippen molar-refractivity contribution in [1.29, 1.82) is 0 Å². The van der Waals surface area contributed by atoms with Crippen molar-refractivity contribution in [3.63, 3.8) is 0 Å². The molecule has 8 heteroatoms. The summed E-state index contributed by atoms with van der Waals surface area (Å²) in [7, 11) is 0. The number of ether oxygens (including phenoxy) is 1. The van der Waals surface area contributed by atoms with Gasteiger partial charge in [-0.1, -0.05) is 35.9 Å². The van der Waals surface area contributed by atoms with Gasteiger partial charge in [0.15, 0.2) is 0 Å². The van der Waals surface area contributed by atoms with Crippen LogP contribution in [0.5, 0.6) is 11.5 Å². The molecule has 7 nitrogen and oxygen atoms in total. The standard InChI is InChI=1S/C27H27ClN2O5/c28-20-6-2-5-19(15-20)25(31)17-29-12-11-18-4-1-7-21(14-18)35-22-9-10-24(23(16-22)27(33)34)30-13-3-8-26(30)32/h1-2,4-7,9-10,14-16,25,29,31H,3,8,11-13,17H2,(H,33,34)/t25-/m0/s1. The molecule has 3 aromatic carbocycles. The first-order valence-corrected chi connectivity index (χ1v) is 11.9. The van der Waals surface area contributed by atoms with E-state index in [1.807, 2.05) is 30.3 Å². The average Bonchev–Trinajstić information content (AvgIpc) is 3.27. The Hall–Kier alpha value is -3.39. The molecular weight excluding hydrogens is 468 g/mol. The van der Waals surface area contributed by atoms with Crippen LogP contribution in [0.3, 0.4) is 0 Å². The molecular formula is C27H27ClN2O5. The van der Waals surface area contributed by atoms with E-state index in [0.29, 0.717) is 48.3 Å². The van der Waals surface area contributed by atoms with E-state index in [4.69, 9.17) is 16.3 Å². The van der Waals surface area contributed by atoms with Crippen LogP contribution in [-0.2, 0) is 11.2 Å². The SMILES string of the molecule is O=C(O)c1cc(Oc2cccc(CCNC[C@H](O)c3cccc(Cl)c3)c2)ccc1N1CCCC1=O. The third kappa shape index (κ3) is 6.39. The van der Waals surface area contributed by atoms with E-state index in [2.05, 4.69) is 5.32 Å². The summed E-state index contributed by atoms with van der Waals surface area (Å²) in [6.07, 6.45) is 1.22. The van der Waals surface area contributed by atoms with Crippen molar-refractivity contribution in [2.75, 3.05) is 24.5 Å². The van der Waals surface area contributed by atoms with E-state index in [1.165, 1.54) is 11.0 Å². The molecule has 4 rings (SSSR count). The van der Waals surface area contributed by atoms with Gasteiger partial charge in [-0.3, -0.25) is 4.79 Å². The molecule has 1 atom stereocenters. The molecule has 0 radical (unpaired) electrons. The van der Waals surface area contributed by atoms with Gasteiger partial charge >= 0.3 is 5.97 Å². The molecule has 1 amide bonds. The number of carbonyl (C=O) groups is 2. The second-order valence-corrected chi connectivity index (χ2v) is 8.84. The van der Waals surface area contributed by atoms with Crippen LogP contribution in [0.4, 0.5) is 5.69 Å². The predicted octanol–water partition coefficient (Wildman–Crippen LogP) is 4.82. The summed E-state index contributed by atoms with van der Waals surface area (Å²) in [6, 6.07) is 19.5. The van der Waals surface area contributed by atoms with Crippen molar-refractivity contribution >= 4 is 29.2 Å². The maximum atomic E-state index is 12.1. The lowest BCUT2D eigenvalue weighted by molar-refractivity contribution is -0.117. The van der Waals surface area contributed by atoms with Crippen LogP contribution < -0.4 is 15.0 Å². The Morgan fingerprint density at radius 3 is 2.63 bits per heavy atom. The van der Waals surface area contributed by atoms with Crippen LogP contribution in [0.15, 0.2) is 66.7 Å². The largest absolute Gasteiger partial charge is 0.478 e. The third-order valence-electron chi connectivity index (χ3n) is 5.86. The van der Waals surface area contributed by atoms with Crippen molar-refractivity contribution < 1.29 is 24.5 Å². The molecule has 1 aliphatic rings. The summed E-state index contributed by atoms with van der Waals surface area (Å²) >= 11 is 5.98. The quantitative estimate of drug-likeness (QED) is 0.349. The average molecular weight is 495 g/mol. The Morgan fingerprint density at radius 2 is 1.89 bits per heavy atom.